The zero-order chi connectivity index (χ0) is 27.8. The first-order chi connectivity index (χ1) is 17.2. The van der Waals surface area contributed by atoms with Gasteiger partial charge in [0.1, 0.15) is 5.78 Å². The largest absolute Gasteiger partial charge is 0.398 e. The van der Waals surface area contributed by atoms with E-state index in [1.54, 1.807) is 13.0 Å². The molecule has 0 spiro atoms. The Balaban J connectivity index is 0. The van der Waals surface area contributed by atoms with E-state index in [-0.39, 0.29) is 5.92 Å². The van der Waals surface area contributed by atoms with Crippen molar-refractivity contribution in [2.75, 3.05) is 5.73 Å². The smallest absolute Gasteiger partial charge is 0.267 e. The van der Waals surface area contributed by atoms with Crippen LogP contribution in [0.25, 0.3) is 12.2 Å². The van der Waals surface area contributed by atoms with Gasteiger partial charge in [-0.15, -0.1) is 0 Å². The number of hydrogen-bond acceptors (Lipinski definition) is 4. The topological polar surface area (TPSA) is 92.4 Å². The van der Waals surface area contributed by atoms with Crippen LogP contribution < -0.4 is 11.2 Å². The Morgan fingerprint density at radius 3 is 2.03 bits per heavy atom. The molecule has 0 heterocycles. The van der Waals surface area contributed by atoms with Crippen molar-refractivity contribution in [3.63, 3.8) is 0 Å². The molecule has 4 N–H and O–H groups in total. The molecule has 36 heavy (non-hydrogen) atoms. The van der Waals surface area contributed by atoms with Gasteiger partial charge in [0, 0.05) is 17.7 Å². The maximum atomic E-state index is 10.7. The molecule has 2 rings (SSSR count). The SMILES string of the molecule is C/C=C\c1ccccc1N.CCC.CCCCC(C)C(C)=O.CCc1ccc(/C=C/C(=O)NO)cc1. The number of carbonyl (C=O) groups excluding carboxylic acids is 2. The lowest BCUT2D eigenvalue weighted by Crippen LogP contribution is -2.14. The van der Waals surface area contributed by atoms with Crippen molar-refractivity contribution >= 4 is 29.5 Å². The Labute approximate surface area is 219 Å². The van der Waals surface area contributed by atoms with Crippen molar-refractivity contribution in [3.05, 3.63) is 77.4 Å². The maximum absolute atomic E-state index is 10.7. The second kappa shape index (κ2) is 23.6. The number of unbranched alkanes of at least 4 members (excludes halogenated alkanes) is 1. The molecule has 5 nitrogen and oxygen atoms in total. The third-order valence-corrected chi connectivity index (χ3v) is 4.95. The van der Waals surface area contributed by atoms with E-state index in [1.807, 2.05) is 74.5 Å². The lowest BCUT2D eigenvalue weighted by atomic mass is 10.0. The molecule has 0 aliphatic carbocycles. The number of para-hydroxylation sites is 1. The summed E-state index contributed by atoms with van der Waals surface area (Å²) in [5.41, 5.74) is 11.3. The summed E-state index contributed by atoms with van der Waals surface area (Å²) in [5, 5.41) is 8.24. The molecule has 1 unspecified atom stereocenters. The van der Waals surface area contributed by atoms with Crippen LogP contribution in [-0.4, -0.2) is 16.9 Å². The second-order valence-corrected chi connectivity index (χ2v) is 8.39. The Bertz CT molecular complexity index is 887. The van der Waals surface area contributed by atoms with Gasteiger partial charge in [0.05, 0.1) is 0 Å². The fraction of sp³-hybridized carbons (Fsp3) is 0.419. The van der Waals surface area contributed by atoms with Crippen LogP contribution >= 0.6 is 0 Å². The van der Waals surface area contributed by atoms with Crippen LogP contribution in [0.2, 0.25) is 0 Å². The molecular weight excluding hydrogens is 448 g/mol. The molecule has 0 fully saturated rings. The molecule has 1 atom stereocenters. The van der Waals surface area contributed by atoms with E-state index in [1.165, 1.54) is 36.4 Å². The summed E-state index contributed by atoms with van der Waals surface area (Å²) >= 11 is 0. The monoisotopic (exact) mass is 496 g/mol. The summed E-state index contributed by atoms with van der Waals surface area (Å²) in [5.74, 6) is 0.0815. The van der Waals surface area contributed by atoms with Crippen LogP contribution in [0.15, 0.2) is 60.7 Å². The second-order valence-electron chi connectivity index (χ2n) is 8.39. The van der Waals surface area contributed by atoms with Gasteiger partial charge in [0.15, 0.2) is 0 Å². The normalized spacial score (nSPS) is 10.8. The quantitative estimate of drug-likeness (QED) is 0.150. The molecule has 2 aromatic rings. The minimum absolute atomic E-state index is 0.282. The highest BCUT2D eigenvalue weighted by Gasteiger charge is 2.04. The maximum Gasteiger partial charge on any atom is 0.267 e. The molecule has 0 saturated carbocycles. The number of amides is 1. The predicted octanol–water partition coefficient (Wildman–Crippen LogP) is 7.89. The molecule has 5 heteroatoms. The van der Waals surface area contributed by atoms with E-state index < -0.39 is 5.91 Å². The minimum atomic E-state index is -0.524. The summed E-state index contributed by atoms with van der Waals surface area (Å²) in [6.45, 7) is 14.1. The Morgan fingerprint density at radius 2 is 1.58 bits per heavy atom. The molecule has 0 saturated heterocycles. The van der Waals surface area contributed by atoms with Crippen LogP contribution in [-0.2, 0) is 16.0 Å². The third-order valence-electron chi connectivity index (χ3n) is 4.95. The van der Waals surface area contributed by atoms with Gasteiger partial charge in [-0.25, -0.2) is 5.48 Å². The molecule has 0 aromatic heterocycles. The standard InChI is InChI=1S/C11H13NO2.C9H11N.C8H16O.C3H8/c1-2-9-3-5-10(6-4-9)7-8-11(13)12-14;1-2-5-8-6-3-4-7-9(8)10;1-4-5-6-7(2)8(3)9;1-3-2/h3-8,14H,2H2,1H3,(H,12,13);2-7H,10H2,1H3;7H,4-6H2,1-3H3;3H2,1-2H3/b8-7+;5-2-;;. The molecule has 1 amide bonds. The van der Waals surface area contributed by atoms with Gasteiger partial charge >= 0.3 is 0 Å². The van der Waals surface area contributed by atoms with E-state index in [2.05, 4.69) is 27.7 Å². The molecule has 2 aromatic carbocycles. The number of carbonyl (C=O) groups is 2. The number of allylic oxidation sites excluding steroid dienone is 1. The first-order valence-corrected chi connectivity index (χ1v) is 12.9. The van der Waals surface area contributed by atoms with E-state index in [9.17, 15) is 9.59 Å². The van der Waals surface area contributed by atoms with Crippen molar-refractivity contribution in [3.8, 4) is 0 Å². The summed E-state index contributed by atoms with van der Waals surface area (Å²) in [7, 11) is 0. The molecule has 0 aliphatic rings. The highest BCUT2D eigenvalue weighted by atomic mass is 16.5. The van der Waals surface area contributed by atoms with Gasteiger partial charge in [0.25, 0.3) is 5.91 Å². The molecule has 200 valence electrons. The molecule has 0 bridgehead atoms. The van der Waals surface area contributed by atoms with Gasteiger partial charge in [-0.2, -0.15) is 0 Å². The lowest BCUT2D eigenvalue weighted by Gasteiger charge is -2.03. The van der Waals surface area contributed by atoms with Crippen molar-refractivity contribution in [2.24, 2.45) is 5.92 Å². The number of Topliss-reactive ketones (excluding diaryl/α,β-unsaturated/α-hetero) is 1. The van der Waals surface area contributed by atoms with Gasteiger partial charge < -0.3 is 5.73 Å². The van der Waals surface area contributed by atoms with E-state index in [4.69, 9.17) is 10.9 Å². The van der Waals surface area contributed by atoms with E-state index in [0.29, 0.717) is 5.78 Å². The molecule has 0 radical (unpaired) electrons. The summed E-state index contributed by atoms with van der Waals surface area (Å²) in [6, 6.07) is 15.7. The number of anilines is 1. The number of benzene rings is 2. The highest BCUT2D eigenvalue weighted by Crippen LogP contribution is 2.11. The van der Waals surface area contributed by atoms with Gasteiger partial charge in [-0.3, -0.25) is 14.8 Å². The van der Waals surface area contributed by atoms with Crippen molar-refractivity contribution < 1.29 is 14.8 Å². The average Bonchev–Trinajstić information content (AvgIpc) is 2.88. The van der Waals surface area contributed by atoms with E-state index in [0.717, 1.165) is 29.7 Å². The van der Waals surface area contributed by atoms with Crippen LogP contribution in [0.4, 0.5) is 5.69 Å². The first kappa shape index (κ1) is 35.0. The first-order valence-electron chi connectivity index (χ1n) is 12.9. The van der Waals surface area contributed by atoms with Crippen LogP contribution in [0.5, 0.6) is 0 Å². The molecular formula is C31H48N2O3. The zero-order valence-electron chi connectivity index (χ0n) is 23.4. The number of hydrogen-bond donors (Lipinski definition) is 3. The average molecular weight is 497 g/mol. The Morgan fingerprint density at radius 1 is 1.00 bits per heavy atom. The number of aryl methyl sites for hydroxylation is 1. The lowest BCUT2D eigenvalue weighted by molar-refractivity contribution is -0.124. The van der Waals surface area contributed by atoms with Gasteiger partial charge in [-0.1, -0.05) is 108 Å². The van der Waals surface area contributed by atoms with Crippen LogP contribution in [0.1, 0.15) is 90.8 Å². The predicted molar refractivity (Wildman–Crippen MR) is 156 cm³/mol. The number of ketones is 1. The van der Waals surface area contributed by atoms with Crippen LogP contribution in [0, 0.1) is 5.92 Å². The third kappa shape index (κ3) is 19.2. The van der Waals surface area contributed by atoms with Crippen LogP contribution in [0.3, 0.4) is 0 Å². The van der Waals surface area contributed by atoms with Crippen molar-refractivity contribution in [1.29, 1.82) is 0 Å². The number of hydroxylamine groups is 1. The van der Waals surface area contributed by atoms with Gasteiger partial charge in [-0.05, 0) is 55.5 Å². The minimum Gasteiger partial charge on any atom is -0.398 e. The fourth-order valence-electron chi connectivity index (χ4n) is 2.63. The fourth-order valence-corrected chi connectivity index (χ4v) is 2.63. The number of nitrogens with one attached hydrogen (secondary N) is 1. The summed E-state index contributed by atoms with van der Waals surface area (Å²) in [6.07, 6.45) is 12.6. The molecule has 0 aliphatic heterocycles. The van der Waals surface area contributed by atoms with Gasteiger partial charge in [0.2, 0.25) is 0 Å². The number of rotatable bonds is 8. The van der Waals surface area contributed by atoms with Crippen molar-refractivity contribution in [1.82, 2.24) is 5.48 Å². The Kier molecular flexibility index (Phi) is 22.9. The summed E-state index contributed by atoms with van der Waals surface area (Å²) in [4.78, 5) is 21.3. The number of nitrogens with two attached hydrogens (primary N) is 1. The zero-order valence-corrected chi connectivity index (χ0v) is 23.4. The van der Waals surface area contributed by atoms with E-state index >= 15 is 0 Å². The summed E-state index contributed by atoms with van der Waals surface area (Å²) < 4.78 is 0. The Hall–Kier alpha value is -3.18. The number of nitrogen functional groups attached to an aromatic ring is 1. The highest BCUT2D eigenvalue weighted by molar-refractivity contribution is 5.90. The van der Waals surface area contributed by atoms with Crippen molar-refractivity contribution in [2.45, 2.75) is 80.6 Å².